The predicted molar refractivity (Wildman–Crippen MR) is 49.1 cm³/mol. The average molecular weight is 184 g/mol. The Balaban J connectivity index is 2.97. The van der Waals surface area contributed by atoms with Crippen molar-refractivity contribution in [2.24, 2.45) is 0 Å². The standard InChI is InChI=1S/C9H9FOS/c1-6(2)11-9-5-7(12)3-4-8(9)10/h3-5,12H,1H2,2H3. The van der Waals surface area contributed by atoms with Crippen LogP contribution in [0.25, 0.3) is 0 Å². The Morgan fingerprint density at radius 3 is 2.83 bits per heavy atom. The maximum absolute atomic E-state index is 12.9. The first kappa shape index (κ1) is 9.13. The largest absolute Gasteiger partial charge is 0.460 e. The number of thiol groups is 1. The van der Waals surface area contributed by atoms with Gasteiger partial charge in [-0.2, -0.15) is 0 Å². The third-order valence-corrected chi connectivity index (χ3v) is 1.48. The molecule has 0 spiro atoms. The number of hydrogen-bond donors (Lipinski definition) is 1. The highest BCUT2D eigenvalue weighted by molar-refractivity contribution is 7.80. The molecule has 0 radical (unpaired) electrons. The van der Waals surface area contributed by atoms with Crippen LogP contribution < -0.4 is 4.74 Å². The molecule has 0 aliphatic heterocycles. The summed E-state index contributed by atoms with van der Waals surface area (Å²) >= 11 is 4.05. The van der Waals surface area contributed by atoms with E-state index >= 15 is 0 Å². The van der Waals surface area contributed by atoms with E-state index < -0.39 is 5.82 Å². The molecule has 0 saturated heterocycles. The van der Waals surface area contributed by atoms with E-state index in [-0.39, 0.29) is 5.75 Å². The molecule has 0 unspecified atom stereocenters. The smallest absolute Gasteiger partial charge is 0.165 e. The van der Waals surface area contributed by atoms with Crippen molar-refractivity contribution in [1.82, 2.24) is 0 Å². The molecule has 0 aliphatic rings. The van der Waals surface area contributed by atoms with Crippen molar-refractivity contribution in [1.29, 1.82) is 0 Å². The van der Waals surface area contributed by atoms with Gasteiger partial charge in [0.15, 0.2) is 11.6 Å². The molecule has 0 fully saturated rings. The van der Waals surface area contributed by atoms with Gasteiger partial charge in [0.2, 0.25) is 0 Å². The number of hydrogen-bond acceptors (Lipinski definition) is 2. The van der Waals surface area contributed by atoms with E-state index in [1.54, 1.807) is 13.0 Å². The molecule has 64 valence electrons. The number of rotatable bonds is 2. The van der Waals surface area contributed by atoms with Crippen molar-refractivity contribution in [3.8, 4) is 5.75 Å². The van der Waals surface area contributed by atoms with E-state index in [0.717, 1.165) is 0 Å². The minimum atomic E-state index is -0.407. The van der Waals surface area contributed by atoms with Gasteiger partial charge in [-0.05, 0) is 25.1 Å². The quantitative estimate of drug-likeness (QED) is 0.549. The van der Waals surface area contributed by atoms with Crippen LogP contribution in [0.2, 0.25) is 0 Å². The molecule has 0 N–H and O–H groups in total. The lowest BCUT2D eigenvalue weighted by atomic mass is 10.3. The van der Waals surface area contributed by atoms with Crippen LogP contribution >= 0.6 is 12.6 Å². The molecule has 1 aromatic rings. The van der Waals surface area contributed by atoms with Gasteiger partial charge in [-0.1, -0.05) is 6.58 Å². The fraction of sp³-hybridized carbons (Fsp3) is 0.111. The van der Waals surface area contributed by atoms with Crippen LogP contribution in [0, 0.1) is 5.82 Å². The summed E-state index contributed by atoms with van der Waals surface area (Å²) in [5, 5.41) is 0. The normalized spacial score (nSPS) is 9.58. The Kier molecular flexibility index (Phi) is 2.76. The summed E-state index contributed by atoms with van der Waals surface area (Å²) in [6.45, 7) is 5.16. The molecule has 0 bridgehead atoms. The fourth-order valence-electron chi connectivity index (χ4n) is 0.758. The first-order valence-electron chi connectivity index (χ1n) is 3.41. The van der Waals surface area contributed by atoms with E-state index in [0.29, 0.717) is 10.7 Å². The van der Waals surface area contributed by atoms with E-state index in [9.17, 15) is 4.39 Å². The fourth-order valence-corrected chi connectivity index (χ4v) is 0.950. The zero-order valence-corrected chi connectivity index (χ0v) is 7.57. The van der Waals surface area contributed by atoms with Crippen LogP contribution in [0.15, 0.2) is 35.4 Å². The van der Waals surface area contributed by atoms with Crippen molar-refractivity contribution >= 4 is 12.6 Å². The molecule has 0 amide bonds. The van der Waals surface area contributed by atoms with Crippen molar-refractivity contribution in [2.75, 3.05) is 0 Å². The van der Waals surface area contributed by atoms with Gasteiger partial charge in [0, 0.05) is 4.90 Å². The Morgan fingerprint density at radius 2 is 2.25 bits per heavy atom. The van der Waals surface area contributed by atoms with Crippen LogP contribution in [0.4, 0.5) is 4.39 Å². The molecule has 0 aliphatic carbocycles. The van der Waals surface area contributed by atoms with Gasteiger partial charge in [0.05, 0.1) is 5.76 Å². The van der Waals surface area contributed by atoms with Crippen molar-refractivity contribution in [3.63, 3.8) is 0 Å². The third kappa shape index (κ3) is 2.27. The maximum atomic E-state index is 12.9. The Bertz CT molecular complexity index is 309. The summed E-state index contributed by atoms with van der Waals surface area (Å²) in [5.74, 6) is 0.207. The molecule has 1 nitrogen and oxygen atoms in total. The SMILES string of the molecule is C=C(C)Oc1cc(S)ccc1F. The number of halogens is 1. The predicted octanol–water partition coefficient (Wildman–Crippen LogP) is 3.03. The second kappa shape index (κ2) is 3.63. The van der Waals surface area contributed by atoms with E-state index in [2.05, 4.69) is 19.2 Å². The summed E-state index contributed by atoms with van der Waals surface area (Å²) in [4.78, 5) is 0.660. The van der Waals surface area contributed by atoms with Crippen molar-refractivity contribution in [3.05, 3.63) is 36.4 Å². The van der Waals surface area contributed by atoms with E-state index in [1.165, 1.54) is 12.1 Å². The number of benzene rings is 1. The molecule has 0 aromatic heterocycles. The van der Waals surface area contributed by atoms with Gasteiger partial charge in [0.25, 0.3) is 0 Å². The highest BCUT2D eigenvalue weighted by atomic mass is 32.1. The van der Waals surface area contributed by atoms with Crippen LogP contribution in [0.1, 0.15) is 6.92 Å². The summed E-state index contributed by atoms with van der Waals surface area (Å²) in [7, 11) is 0. The van der Waals surface area contributed by atoms with Gasteiger partial charge in [-0.3, -0.25) is 0 Å². The van der Waals surface area contributed by atoms with Crippen molar-refractivity contribution < 1.29 is 9.13 Å². The lowest BCUT2D eigenvalue weighted by Crippen LogP contribution is -1.91. The second-order valence-corrected chi connectivity index (χ2v) is 2.94. The molecular weight excluding hydrogens is 175 g/mol. The lowest BCUT2D eigenvalue weighted by Gasteiger charge is -2.05. The third-order valence-electron chi connectivity index (χ3n) is 1.20. The molecular formula is C9H9FOS. The van der Waals surface area contributed by atoms with Gasteiger partial charge >= 0.3 is 0 Å². The van der Waals surface area contributed by atoms with Crippen LogP contribution in [-0.4, -0.2) is 0 Å². The zero-order chi connectivity index (χ0) is 9.14. The monoisotopic (exact) mass is 184 g/mol. The number of allylic oxidation sites excluding steroid dienone is 1. The van der Waals surface area contributed by atoms with Gasteiger partial charge in [-0.25, -0.2) is 4.39 Å². The molecule has 1 rings (SSSR count). The summed E-state index contributed by atoms with van der Waals surface area (Å²) < 4.78 is 17.9. The van der Waals surface area contributed by atoms with Crippen LogP contribution in [-0.2, 0) is 0 Å². The Labute approximate surface area is 76.3 Å². The van der Waals surface area contributed by atoms with Gasteiger partial charge in [0.1, 0.15) is 0 Å². The first-order chi connectivity index (χ1) is 5.59. The topological polar surface area (TPSA) is 9.23 Å². The first-order valence-corrected chi connectivity index (χ1v) is 3.86. The second-order valence-electron chi connectivity index (χ2n) is 2.42. The van der Waals surface area contributed by atoms with Crippen LogP contribution in [0.3, 0.4) is 0 Å². The summed E-state index contributed by atoms with van der Waals surface area (Å²) in [6.07, 6.45) is 0. The van der Waals surface area contributed by atoms with E-state index in [1.807, 2.05) is 0 Å². The minimum Gasteiger partial charge on any atom is -0.460 e. The number of ether oxygens (including phenoxy) is 1. The molecule has 12 heavy (non-hydrogen) atoms. The summed E-state index contributed by atoms with van der Waals surface area (Å²) in [5.41, 5.74) is 0. The van der Waals surface area contributed by atoms with Crippen molar-refractivity contribution in [2.45, 2.75) is 11.8 Å². The highest BCUT2D eigenvalue weighted by Crippen LogP contribution is 2.22. The lowest BCUT2D eigenvalue weighted by molar-refractivity contribution is 0.399. The summed E-state index contributed by atoms with van der Waals surface area (Å²) in [6, 6.07) is 4.37. The molecule has 3 heteroatoms. The Morgan fingerprint density at radius 1 is 1.58 bits per heavy atom. The van der Waals surface area contributed by atoms with Crippen LogP contribution in [0.5, 0.6) is 5.75 Å². The molecule has 0 atom stereocenters. The maximum Gasteiger partial charge on any atom is 0.165 e. The molecule has 1 aromatic carbocycles. The minimum absolute atomic E-state index is 0.162. The molecule has 0 heterocycles. The highest BCUT2D eigenvalue weighted by Gasteiger charge is 2.02. The molecule has 0 saturated carbocycles. The zero-order valence-electron chi connectivity index (χ0n) is 6.67. The Hall–Kier alpha value is -0.960. The van der Waals surface area contributed by atoms with E-state index in [4.69, 9.17) is 4.74 Å². The average Bonchev–Trinajstić information content (AvgIpc) is 1.96. The van der Waals surface area contributed by atoms with Gasteiger partial charge in [-0.15, -0.1) is 12.6 Å². The van der Waals surface area contributed by atoms with Gasteiger partial charge < -0.3 is 4.74 Å².